The standard InChI is InChI=1S/C22H32N2O3/c1-16-21(22(25)23-13-7-8-14-26-2)19-15-18(27-3)11-12-20(19)24(16)17-9-5-4-6-10-17/h11-12,15,17H,4-10,13-14H2,1-3H3,(H,23,25). The third-order valence-corrected chi connectivity index (χ3v) is 5.68. The number of hydrogen-bond acceptors (Lipinski definition) is 3. The highest BCUT2D eigenvalue weighted by atomic mass is 16.5. The maximum absolute atomic E-state index is 13.0. The third-order valence-electron chi connectivity index (χ3n) is 5.68. The number of rotatable bonds is 8. The molecule has 0 spiro atoms. The number of amides is 1. The molecule has 0 radical (unpaired) electrons. The van der Waals surface area contributed by atoms with Gasteiger partial charge in [-0.25, -0.2) is 0 Å². The number of methoxy groups -OCH3 is 2. The minimum Gasteiger partial charge on any atom is -0.497 e. The number of ether oxygens (including phenoxy) is 2. The van der Waals surface area contributed by atoms with Gasteiger partial charge >= 0.3 is 0 Å². The predicted molar refractivity (Wildman–Crippen MR) is 109 cm³/mol. The first kappa shape index (κ1) is 19.7. The second-order valence-electron chi connectivity index (χ2n) is 7.46. The molecule has 1 fully saturated rings. The summed E-state index contributed by atoms with van der Waals surface area (Å²) in [5.74, 6) is 0.801. The Labute approximate surface area is 162 Å². The maximum Gasteiger partial charge on any atom is 0.253 e. The van der Waals surface area contributed by atoms with Crippen molar-refractivity contribution >= 4 is 16.8 Å². The molecule has 1 N–H and O–H groups in total. The normalized spacial score (nSPS) is 15.2. The first-order chi connectivity index (χ1) is 13.2. The summed E-state index contributed by atoms with van der Waals surface area (Å²) < 4.78 is 12.9. The largest absolute Gasteiger partial charge is 0.497 e. The van der Waals surface area contributed by atoms with E-state index in [0.29, 0.717) is 12.6 Å². The number of nitrogens with one attached hydrogen (secondary N) is 1. The van der Waals surface area contributed by atoms with E-state index in [1.807, 2.05) is 12.1 Å². The molecule has 1 saturated carbocycles. The smallest absolute Gasteiger partial charge is 0.253 e. The molecule has 1 aromatic heterocycles. The van der Waals surface area contributed by atoms with Gasteiger partial charge < -0.3 is 19.4 Å². The first-order valence-corrected chi connectivity index (χ1v) is 10.1. The highest BCUT2D eigenvalue weighted by molar-refractivity contribution is 6.08. The van der Waals surface area contributed by atoms with Gasteiger partial charge in [-0.15, -0.1) is 0 Å². The lowest BCUT2D eigenvalue weighted by Gasteiger charge is -2.26. The fourth-order valence-electron chi connectivity index (χ4n) is 4.31. The minimum atomic E-state index is 0.0118. The van der Waals surface area contributed by atoms with Crippen molar-refractivity contribution in [3.8, 4) is 5.75 Å². The van der Waals surface area contributed by atoms with Crippen molar-refractivity contribution in [3.63, 3.8) is 0 Å². The molecule has 27 heavy (non-hydrogen) atoms. The van der Waals surface area contributed by atoms with Crippen LogP contribution in [0, 0.1) is 6.92 Å². The molecule has 1 amide bonds. The van der Waals surface area contributed by atoms with Gasteiger partial charge in [-0.2, -0.15) is 0 Å². The van der Waals surface area contributed by atoms with Gasteiger partial charge in [0, 0.05) is 42.9 Å². The number of fused-ring (bicyclic) bond motifs is 1. The molecule has 5 heteroatoms. The molecule has 0 unspecified atom stereocenters. The molecular weight excluding hydrogens is 340 g/mol. The molecular formula is C22H32N2O3. The minimum absolute atomic E-state index is 0.0118. The summed E-state index contributed by atoms with van der Waals surface area (Å²) in [5.41, 5.74) is 3.01. The molecule has 3 rings (SSSR count). The van der Waals surface area contributed by atoms with Crippen LogP contribution in [-0.4, -0.2) is 37.8 Å². The Morgan fingerprint density at radius 1 is 1.19 bits per heavy atom. The summed E-state index contributed by atoms with van der Waals surface area (Å²) in [6, 6.07) is 6.58. The van der Waals surface area contributed by atoms with Gasteiger partial charge in [0.15, 0.2) is 0 Å². The number of aromatic nitrogens is 1. The molecule has 2 aromatic rings. The number of hydrogen-bond donors (Lipinski definition) is 1. The van der Waals surface area contributed by atoms with Gasteiger partial charge in [-0.3, -0.25) is 4.79 Å². The number of unbranched alkanes of at least 4 members (excludes halogenated alkanes) is 1. The van der Waals surface area contributed by atoms with Gasteiger partial charge in [-0.05, 0) is 50.8 Å². The zero-order valence-corrected chi connectivity index (χ0v) is 16.8. The van der Waals surface area contributed by atoms with E-state index in [0.717, 1.165) is 47.4 Å². The summed E-state index contributed by atoms with van der Waals surface area (Å²) in [4.78, 5) is 13.0. The lowest BCUT2D eigenvalue weighted by atomic mass is 9.95. The van der Waals surface area contributed by atoms with E-state index in [2.05, 4.69) is 22.9 Å². The van der Waals surface area contributed by atoms with Crippen LogP contribution < -0.4 is 10.1 Å². The van der Waals surface area contributed by atoms with Crippen LogP contribution in [0.1, 0.15) is 67.0 Å². The van der Waals surface area contributed by atoms with E-state index in [1.54, 1.807) is 14.2 Å². The Balaban J connectivity index is 1.92. The van der Waals surface area contributed by atoms with Crippen LogP contribution in [-0.2, 0) is 4.74 Å². The van der Waals surface area contributed by atoms with Crippen molar-refractivity contribution in [2.24, 2.45) is 0 Å². The van der Waals surface area contributed by atoms with Crippen molar-refractivity contribution < 1.29 is 14.3 Å². The monoisotopic (exact) mass is 372 g/mol. The van der Waals surface area contributed by atoms with Crippen LogP contribution in [0.2, 0.25) is 0 Å². The van der Waals surface area contributed by atoms with Crippen molar-refractivity contribution in [1.29, 1.82) is 0 Å². The van der Waals surface area contributed by atoms with E-state index in [9.17, 15) is 4.79 Å². The zero-order chi connectivity index (χ0) is 19.2. The summed E-state index contributed by atoms with van der Waals surface area (Å²) in [6.45, 7) is 3.48. The molecule has 0 atom stereocenters. The second kappa shape index (κ2) is 9.27. The third kappa shape index (κ3) is 4.29. The van der Waals surface area contributed by atoms with Crippen LogP contribution in [0.25, 0.3) is 10.9 Å². The van der Waals surface area contributed by atoms with Gasteiger partial charge in [0.25, 0.3) is 5.91 Å². The lowest BCUT2D eigenvalue weighted by molar-refractivity contribution is 0.0952. The summed E-state index contributed by atoms with van der Waals surface area (Å²) in [6.07, 6.45) is 8.10. The lowest BCUT2D eigenvalue weighted by Crippen LogP contribution is -2.25. The van der Waals surface area contributed by atoms with Crippen molar-refractivity contribution in [2.75, 3.05) is 27.4 Å². The Morgan fingerprint density at radius 2 is 1.96 bits per heavy atom. The summed E-state index contributed by atoms with van der Waals surface area (Å²) in [7, 11) is 3.37. The fourth-order valence-corrected chi connectivity index (χ4v) is 4.31. The maximum atomic E-state index is 13.0. The topological polar surface area (TPSA) is 52.5 Å². The quantitative estimate of drug-likeness (QED) is 0.688. The number of carbonyl (C=O) groups is 1. The Morgan fingerprint density at radius 3 is 2.67 bits per heavy atom. The second-order valence-corrected chi connectivity index (χ2v) is 7.46. The van der Waals surface area contributed by atoms with Crippen molar-refractivity contribution in [2.45, 2.75) is 57.9 Å². The van der Waals surface area contributed by atoms with Gasteiger partial charge in [0.05, 0.1) is 12.7 Å². The van der Waals surface area contributed by atoms with Gasteiger partial charge in [-0.1, -0.05) is 19.3 Å². The summed E-state index contributed by atoms with van der Waals surface area (Å²) >= 11 is 0. The molecule has 1 aliphatic rings. The number of nitrogens with zero attached hydrogens (tertiary/aromatic N) is 1. The van der Waals surface area contributed by atoms with E-state index in [4.69, 9.17) is 9.47 Å². The van der Waals surface area contributed by atoms with E-state index in [1.165, 1.54) is 32.1 Å². The highest BCUT2D eigenvalue weighted by Crippen LogP contribution is 2.37. The van der Waals surface area contributed by atoms with Crippen molar-refractivity contribution in [1.82, 2.24) is 9.88 Å². The molecule has 148 valence electrons. The summed E-state index contributed by atoms with van der Waals surface area (Å²) in [5, 5.41) is 4.09. The predicted octanol–water partition coefficient (Wildman–Crippen LogP) is 4.62. The SMILES string of the molecule is COCCCCNC(=O)c1c(C)n(C2CCCCC2)c2ccc(OC)cc12. The number of carbonyl (C=O) groups excluding carboxylic acids is 1. The van der Waals surface area contributed by atoms with Crippen LogP contribution in [0.15, 0.2) is 18.2 Å². The molecule has 1 aromatic carbocycles. The average Bonchev–Trinajstić information content (AvgIpc) is 2.99. The molecule has 0 aliphatic heterocycles. The van der Waals surface area contributed by atoms with E-state index in [-0.39, 0.29) is 5.91 Å². The van der Waals surface area contributed by atoms with Gasteiger partial charge in [0.2, 0.25) is 0 Å². The van der Waals surface area contributed by atoms with Crippen LogP contribution in [0.5, 0.6) is 5.75 Å². The zero-order valence-electron chi connectivity index (χ0n) is 16.8. The Bertz CT molecular complexity index is 775. The number of benzene rings is 1. The first-order valence-electron chi connectivity index (χ1n) is 10.1. The molecule has 0 saturated heterocycles. The fraction of sp³-hybridized carbons (Fsp3) is 0.591. The van der Waals surface area contributed by atoms with E-state index < -0.39 is 0 Å². The van der Waals surface area contributed by atoms with Crippen LogP contribution >= 0.6 is 0 Å². The molecule has 1 aliphatic carbocycles. The van der Waals surface area contributed by atoms with Crippen LogP contribution in [0.4, 0.5) is 0 Å². The highest BCUT2D eigenvalue weighted by Gasteiger charge is 2.25. The molecule has 5 nitrogen and oxygen atoms in total. The Kier molecular flexibility index (Phi) is 6.78. The molecule has 0 bridgehead atoms. The van der Waals surface area contributed by atoms with E-state index >= 15 is 0 Å². The average molecular weight is 373 g/mol. The van der Waals surface area contributed by atoms with Crippen molar-refractivity contribution in [3.05, 3.63) is 29.5 Å². The van der Waals surface area contributed by atoms with Crippen LogP contribution in [0.3, 0.4) is 0 Å². The molecule has 1 heterocycles. The van der Waals surface area contributed by atoms with Gasteiger partial charge in [0.1, 0.15) is 5.75 Å². The Hall–Kier alpha value is -2.01.